The van der Waals surface area contributed by atoms with Crippen LogP contribution in [-0.4, -0.2) is 0 Å². The molecule has 76 valence electrons. The maximum Gasteiger partial charge on any atom is 0.110 e. The summed E-state index contributed by atoms with van der Waals surface area (Å²) in [5, 5.41) is 0. The third-order valence-corrected chi connectivity index (χ3v) is 3.34. The van der Waals surface area contributed by atoms with Crippen molar-refractivity contribution in [1.29, 1.82) is 0 Å². The fraction of sp³-hybridized carbons (Fsp3) is 0.538. The lowest BCUT2D eigenvalue weighted by atomic mass is 9.89. The Balaban J connectivity index is 2.29. The molecule has 1 heteroatoms. The Bertz CT molecular complexity index is 317. The molecule has 0 bridgehead atoms. The van der Waals surface area contributed by atoms with Crippen LogP contribution in [0.4, 0.5) is 0 Å². The number of quaternary nitrogens is 1. The lowest BCUT2D eigenvalue weighted by molar-refractivity contribution is -0.427. The van der Waals surface area contributed by atoms with Crippen LogP contribution in [0.25, 0.3) is 0 Å². The van der Waals surface area contributed by atoms with Crippen LogP contribution < -0.4 is 5.73 Å². The van der Waals surface area contributed by atoms with E-state index >= 15 is 0 Å². The summed E-state index contributed by atoms with van der Waals surface area (Å²) in [5.41, 5.74) is 8.75. The third-order valence-electron chi connectivity index (χ3n) is 3.34. The van der Waals surface area contributed by atoms with Crippen LogP contribution in [0.5, 0.6) is 0 Å². The number of aryl methyl sites for hydroxylation is 2. The van der Waals surface area contributed by atoms with Gasteiger partial charge in [0.15, 0.2) is 0 Å². The topological polar surface area (TPSA) is 27.6 Å². The van der Waals surface area contributed by atoms with E-state index in [0.29, 0.717) is 6.04 Å². The molecule has 0 fully saturated rings. The van der Waals surface area contributed by atoms with Crippen molar-refractivity contribution >= 4 is 0 Å². The van der Waals surface area contributed by atoms with Gasteiger partial charge in [0, 0.05) is 12.0 Å². The molecule has 1 atom stereocenters. The number of benzene rings is 1. The highest BCUT2D eigenvalue weighted by Crippen LogP contribution is 2.24. The Morgan fingerprint density at radius 3 is 2.64 bits per heavy atom. The van der Waals surface area contributed by atoms with Crippen LogP contribution in [0.2, 0.25) is 0 Å². The average molecular weight is 190 g/mol. The number of hydrogen-bond donors (Lipinski definition) is 1. The highest BCUT2D eigenvalue weighted by molar-refractivity contribution is 5.34. The SMILES string of the molecule is CC[C@@H]([NH3+])c1ccc2c(c1)CCCC2. The molecule has 0 radical (unpaired) electrons. The van der Waals surface area contributed by atoms with Gasteiger partial charge in [-0.1, -0.05) is 19.1 Å². The Labute approximate surface area is 86.3 Å². The van der Waals surface area contributed by atoms with E-state index < -0.39 is 0 Å². The average Bonchev–Trinajstić information content (AvgIpc) is 2.27. The fourth-order valence-electron chi connectivity index (χ4n) is 2.24. The quantitative estimate of drug-likeness (QED) is 0.741. The molecule has 0 spiro atoms. The minimum absolute atomic E-state index is 0.474. The first-order valence-corrected chi connectivity index (χ1v) is 5.76. The zero-order chi connectivity index (χ0) is 9.97. The minimum atomic E-state index is 0.474. The summed E-state index contributed by atoms with van der Waals surface area (Å²) in [4.78, 5) is 0. The van der Waals surface area contributed by atoms with Crippen molar-refractivity contribution in [3.63, 3.8) is 0 Å². The molecular formula is C13H20N+. The molecule has 14 heavy (non-hydrogen) atoms. The molecule has 0 amide bonds. The van der Waals surface area contributed by atoms with Crippen LogP contribution in [0.1, 0.15) is 48.9 Å². The van der Waals surface area contributed by atoms with Crippen LogP contribution in [0.15, 0.2) is 18.2 Å². The van der Waals surface area contributed by atoms with Gasteiger partial charge < -0.3 is 5.73 Å². The highest BCUT2D eigenvalue weighted by Gasteiger charge is 2.12. The molecule has 1 aliphatic carbocycles. The second-order valence-electron chi connectivity index (χ2n) is 4.34. The lowest BCUT2D eigenvalue weighted by Gasteiger charge is -2.17. The summed E-state index contributed by atoms with van der Waals surface area (Å²) < 4.78 is 0. The second-order valence-corrected chi connectivity index (χ2v) is 4.34. The molecule has 0 heterocycles. The van der Waals surface area contributed by atoms with E-state index in [2.05, 4.69) is 30.9 Å². The van der Waals surface area contributed by atoms with E-state index in [1.807, 2.05) is 0 Å². The van der Waals surface area contributed by atoms with Crippen molar-refractivity contribution in [1.82, 2.24) is 0 Å². The van der Waals surface area contributed by atoms with Gasteiger partial charge in [-0.2, -0.15) is 0 Å². The van der Waals surface area contributed by atoms with Crippen LogP contribution in [-0.2, 0) is 12.8 Å². The summed E-state index contributed by atoms with van der Waals surface area (Å²) in [5.74, 6) is 0. The molecule has 1 aromatic carbocycles. The van der Waals surface area contributed by atoms with Gasteiger partial charge in [-0.3, -0.25) is 0 Å². The normalized spacial score (nSPS) is 17.6. The molecule has 0 aliphatic heterocycles. The smallest absolute Gasteiger partial charge is 0.110 e. The van der Waals surface area contributed by atoms with Crippen molar-refractivity contribution in [2.24, 2.45) is 0 Å². The predicted octanol–water partition coefficient (Wildman–Crippen LogP) is 2.26. The summed E-state index contributed by atoms with van der Waals surface area (Å²) in [6.45, 7) is 2.21. The van der Waals surface area contributed by atoms with Crippen LogP contribution in [0, 0.1) is 0 Å². The zero-order valence-corrected chi connectivity index (χ0v) is 9.05. The Morgan fingerprint density at radius 2 is 1.93 bits per heavy atom. The van der Waals surface area contributed by atoms with E-state index in [1.165, 1.54) is 31.2 Å². The summed E-state index contributed by atoms with van der Waals surface area (Å²) in [6.07, 6.45) is 6.43. The summed E-state index contributed by atoms with van der Waals surface area (Å²) in [6, 6.07) is 7.45. The number of hydrogen-bond acceptors (Lipinski definition) is 0. The van der Waals surface area contributed by atoms with Gasteiger partial charge in [0.25, 0.3) is 0 Å². The first-order valence-electron chi connectivity index (χ1n) is 5.76. The molecule has 3 N–H and O–H groups in total. The molecule has 2 rings (SSSR count). The largest absolute Gasteiger partial charge is 0.351 e. The van der Waals surface area contributed by atoms with Crippen molar-refractivity contribution in [3.05, 3.63) is 34.9 Å². The van der Waals surface area contributed by atoms with E-state index in [1.54, 1.807) is 11.1 Å². The molecule has 1 aliphatic rings. The zero-order valence-electron chi connectivity index (χ0n) is 9.05. The van der Waals surface area contributed by atoms with Gasteiger partial charge >= 0.3 is 0 Å². The molecule has 0 saturated carbocycles. The van der Waals surface area contributed by atoms with E-state index in [-0.39, 0.29) is 0 Å². The standard InChI is InChI=1S/C13H19N/c1-2-13(14)12-8-7-10-5-3-4-6-11(10)9-12/h7-9,13H,2-6,14H2,1H3/p+1/t13-/m1/s1. The number of rotatable bonds is 2. The van der Waals surface area contributed by atoms with Crippen molar-refractivity contribution in [3.8, 4) is 0 Å². The Kier molecular flexibility index (Phi) is 2.87. The van der Waals surface area contributed by atoms with Crippen molar-refractivity contribution in [2.75, 3.05) is 0 Å². The molecule has 0 saturated heterocycles. The van der Waals surface area contributed by atoms with E-state index in [4.69, 9.17) is 0 Å². The fourth-order valence-corrected chi connectivity index (χ4v) is 2.24. The molecule has 0 unspecified atom stereocenters. The molecular weight excluding hydrogens is 170 g/mol. The molecule has 1 aromatic rings. The maximum atomic E-state index is 4.18. The highest BCUT2D eigenvalue weighted by atomic mass is 14.6. The van der Waals surface area contributed by atoms with E-state index in [9.17, 15) is 0 Å². The van der Waals surface area contributed by atoms with Crippen LogP contribution >= 0.6 is 0 Å². The monoisotopic (exact) mass is 190 g/mol. The van der Waals surface area contributed by atoms with Gasteiger partial charge in [0.2, 0.25) is 0 Å². The second kappa shape index (κ2) is 4.14. The summed E-state index contributed by atoms with van der Waals surface area (Å²) in [7, 11) is 0. The minimum Gasteiger partial charge on any atom is -0.351 e. The van der Waals surface area contributed by atoms with Gasteiger partial charge in [-0.15, -0.1) is 0 Å². The molecule has 1 nitrogen and oxygen atoms in total. The van der Waals surface area contributed by atoms with Crippen molar-refractivity contribution < 1.29 is 5.73 Å². The van der Waals surface area contributed by atoms with Gasteiger partial charge in [-0.25, -0.2) is 0 Å². The molecule has 0 aromatic heterocycles. The van der Waals surface area contributed by atoms with E-state index in [0.717, 1.165) is 6.42 Å². The maximum absolute atomic E-state index is 4.18. The van der Waals surface area contributed by atoms with Crippen molar-refractivity contribution in [2.45, 2.75) is 45.1 Å². The number of fused-ring (bicyclic) bond motifs is 1. The van der Waals surface area contributed by atoms with Gasteiger partial charge in [0.05, 0.1) is 0 Å². The Morgan fingerprint density at radius 1 is 1.21 bits per heavy atom. The van der Waals surface area contributed by atoms with Crippen LogP contribution in [0.3, 0.4) is 0 Å². The van der Waals surface area contributed by atoms with Gasteiger partial charge in [-0.05, 0) is 42.9 Å². The summed E-state index contributed by atoms with van der Waals surface area (Å²) >= 11 is 0. The first kappa shape index (κ1) is 9.72. The third kappa shape index (κ3) is 1.83. The Hall–Kier alpha value is -0.820. The lowest BCUT2D eigenvalue weighted by Crippen LogP contribution is -2.53. The predicted molar refractivity (Wildman–Crippen MR) is 59.0 cm³/mol. The van der Waals surface area contributed by atoms with Gasteiger partial charge in [0.1, 0.15) is 6.04 Å². The first-order chi connectivity index (χ1) is 6.81.